The third-order valence-corrected chi connectivity index (χ3v) is 2.90. The fraction of sp³-hybridized carbons (Fsp3) is 0. The van der Waals surface area contributed by atoms with Crippen molar-refractivity contribution in [3.8, 4) is 0 Å². The van der Waals surface area contributed by atoms with E-state index in [1.54, 1.807) is 0 Å². The van der Waals surface area contributed by atoms with Crippen LogP contribution in [0.4, 0.5) is 11.4 Å². The van der Waals surface area contributed by atoms with Crippen LogP contribution in [-0.2, 0) is 10.1 Å². The van der Waals surface area contributed by atoms with Crippen molar-refractivity contribution < 1.29 is 13.0 Å². The molecule has 0 heterocycles. The second-order valence-corrected chi connectivity index (χ2v) is 4.51. The Labute approximate surface area is 78.1 Å². The molecule has 5 nitrogen and oxygen atoms in total. The molecular weight excluding hydrogens is 211 g/mol. The third-order valence-electron chi connectivity index (χ3n) is 1.49. The van der Waals surface area contributed by atoms with Gasteiger partial charge in [-0.2, -0.15) is 8.42 Å². The van der Waals surface area contributed by atoms with Crippen LogP contribution in [-0.4, -0.2) is 13.0 Å². The number of hydrogen-bond acceptors (Lipinski definition) is 4. The molecule has 0 fully saturated rings. The van der Waals surface area contributed by atoms with Crippen molar-refractivity contribution in [2.75, 3.05) is 11.5 Å². The molecule has 1 rings (SSSR count). The van der Waals surface area contributed by atoms with Crippen molar-refractivity contribution in [3.63, 3.8) is 0 Å². The molecule has 72 valence electrons. The van der Waals surface area contributed by atoms with E-state index < -0.39 is 10.1 Å². The van der Waals surface area contributed by atoms with Gasteiger partial charge in [-0.3, -0.25) is 4.55 Å². The van der Waals surface area contributed by atoms with Crippen LogP contribution < -0.4 is 16.8 Å². The second kappa shape index (κ2) is 3.14. The molecule has 0 aliphatic rings. The van der Waals surface area contributed by atoms with Crippen LogP contribution in [0.3, 0.4) is 0 Å². The molecule has 1 atom stereocenters. The van der Waals surface area contributed by atoms with Gasteiger partial charge < -0.3 is 11.5 Å². The van der Waals surface area contributed by atoms with E-state index in [9.17, 15) is 8.42 Å². The van der Waals surface area contributed by atoms with E-state index in [-0.39, 0.29) is 10.6 Å². The summed E-state index contributed by atoms with van der Waals surface area (Å²) in [6.07, 6.45) is 0. The lowest BCUT2D eigenvalue weighted by Crippen LogP contribution is -2.10. The number of nitrogen functional groups attached to an aromatic ring is 2. The first-order valence-electron chi connectivity index (χ1n) is 3.24. The van der Waals surface area contributed by atoms with E-state index in [4.69, 9.17) is 16.0 Å². The first-order chi connectivity index (χ1) is 5.82. The number of hydrogen-bond donors (Lipinski definition) is 3. The minimum atomic E-state index is -4.27. The van der Waals surface area contributed by atoms with Gasteiger partial charge in [0.1, 0.15) is 4.90 Å². The van der Waals surface area contributed by atoms with Gasteiger partial charge >= 0.3 is 0 Å². The topological polar surface area (TPSA) is 106 Å². The Bertz CT molecular complexity index is 443. The Morgan fingerprint density at radius 2 is 1.77 bits per heavy atom. The lowest BCUT2D eigenvalue weighted by atomic mass is 10.3. The normalized spacial score (nSPS) is 11.5. The van der Waals surface area contributed by atoms with Gasteiger partial charge in [0.25, 0.3) is 10.1 Å². The molecule has 7 heteroatoms. The Morgan fingerprint density at radius 1 is 1.23 bits per heavy atom. The monoisotopic (exact) mass is 220 g/mol. The third kappa shape index (κ3) is 2.09. The molecule has 0 aromatic heterocycles. The molecule has 0 saturated carbocycles. The predicted molar refractivity (Wildman–Crippen MR) is 54.4 cm³/mol. The first kappa shape index (κ1) is 10.2. The molecular formula is C6H9N2O3PS. The average molecular weight is 220 g/mol. The van der Waals surface area contributed by atoms with Crippen molar-refractivity contribution >= 4 is 36.0 Å². The van der Waals surface area contributed by atoms with Gasteiger partial charge in [0.05, 0.1) is 5.69 Å². The summed E-state index contributed by atoms with van der Waals surface area (Å²) in [5.41, 5.74) is 11.1. The summed E-state index contributed by atoms with van der Waals surface area (Å²) in [5, 5.41) is 0.474. The molecule has 1 aromatic rings. The molecule has 0 aliphatic carbocycles. The lowest BCUT2D eigenvalue weighted by Gasteiger charge is -2.05. The minimum absolute atomic E-state index is 0.0637. The van der Waals surface area contributed by atoms with Gasteiger partial charge in [-0.05, 0) is 17.4 Å². The number of rotatable bonds is 1. The summed E-state index contributed by atoms with van der Waals surface area (Å²) in [5.74, 6) is 0. The van der Waals surface area contributed by atoms with Gasteiger partial charge in [0, 0.05) is 5.69 Å². The Morgan fingerprint density at radius 3 is 2.23 bits per heavy atom. The van der Waals surface area contributed by atoms with Crippen LogP contribution >= 0.6 is 9.24 Å². The quantitative estimate of drug-likeness (QED) is 0.339. The van der Waals surface area contributed by atoms with Crippen LogP contribution in [0.15, 0.2) is 17.0 Å². The maximum absolute atomic E-state index is 10.7. The maximum atomic E-state index is 10.7. The summed E-state index contributed by atoms with van der Waals surface area (Å²) < 4.78 is 30.2. The molecule has 0 radical (unpaired) electrons. The van der Waals surface area contributed by atoms with Crippen molar-refractivity contribution in [1.82, 2.24) is 0 Å². The highest BCUT2D eigenvalue weighted by molar-refractivity contribution is 7.86. The fourth-order valence-electron chi connectivity index (χ4n) is 0.853. The predicted octanol–water partition coefficient (Wildman–Crippen LogP) is -0.402. The zero-order chi connectivity index (χ0) is 10.2. The standard InChI is InChI=1S/C6H9N2O3PS/c7-3-1-4(8)6(2-5(3)12)13(9,10)11/h1-2H,7-8,12H2,(H,9,10,11). The highest BCUT2D eigenvalue weighted by Gasteiger charge is 2.14. The largest absolute Gasteiger partial charge is 0.398 e. The van der Waals surface area contributed by atoms with Crippen LogP contribution in [0.2, 0.25) is 0 Å². The molecule has 1 aromatic carbocycles. The number of nitrogens with two attached hydrogens (primary N) is 2. The first-order valence-corrected chi connectivity index (χ1v) is 5.26. The molecule has 0 bridgehead atoms. The second-order valence-electron chi connectivity index (χ2n) is 2.49. The summed E-state index contributed by atoms with van der Waals surface area (Å²) in [4.78, 5) is -0.327. The molecule has 0 spiro atoms. The summed E-state index contributed by atoms with van der Waals surface area (Å²) in [6.45, 7) is 0. The van der Waals surface area contributed by atoms with Crippen LogP contribution in [0.25, 0.3) is 0 Å². The van der Waals surface area contributed by atoms with Gasteiger partial charge in [0.2, 0.25) is 0 Å². The zero-order valence-corrected chi connectivity index (χ0v) is 8.53. The Hall–Kier alpha value is -0.840. The van der Waals surface area contributed by atoms with Crippen molar-refractivity contribution in [1.29, 1.82) is 0 Å². The van der Waals surface area contributed by atoms with Gasteiger partial charge in [0.15, 0.2) is 0 Å². The van der Waals surface area contributed by atoms with Crippen molar-refractivity contribution in [2.45, 2.75) is 4.90 Å². The van der Waals surface area contributed by atoms with E-state index in [2.05, 4.69) is 9.24 Å². The van der Waals surface area contributed by atoms with Crippen LogP contribution in [0.5, 0.6) is 0 Å². The summed E-state index contributed by atoms with van der Waals surface area (Å²) in [7, 11) is -2.02. The van der Waals surface area contributed by atoms with Crippen molar-refractivity contribution in [2.24, 2.45) is 0 Å². The molecule has 5 N–H and O–H groups in total. The van der Waals surface area contributed by atoms with Gasteiger partial charge in [-0.15, -0.1) is 9.24 Å². The van der Waals surface area contributed by atoms with E-state index >= 15 is 0 Å². The number of benzene rings is 1. The molecule has 13 heavy (non-hydrogen) atoms. The highest BCUT2D eigenvalue weighted by atomic mass is 32.2. The van der Waals surface area contributed by atoms with Crippen molar-refractivity contribution in [3.05, 3.63) is 12.1 Å². The highest BCUT2D eigenvalue weighted by Crippen LogP contribution is 2.20. The minimum Gasteiger partial charge on any atom is -0.398 e. The number of anilines is 2. The Balaban J connectivity index is 3.50. The summed E-state index contributed by atoms with van der Waals surface area (Å²) >= 11 is 0. The van der Waals surface area contributed by atoms with Crippen LogP contribution in [0.1, 0.15) is 0 Å². The maximum Gasteiger partial charge on any atom is 0.296 e. The fourth-order valence-corrected chi connectivity index (χ4v) is 1.86. The summed E-state index contributed by atoms with van der Waals surface area (Å²) in [6, 6.07) is 2.48. The van der Waals surface area contributed by atoms with E-state index in [1.807, 2.05) is 0 Å². The lowest BCUT2D eigenvalue weighted by molar-refractivity contribution is 0.484. The van der Waals surface area contributed by atoms with Gasteiger partial charge in [-0.1, -0.05) is 0 Å². The Kier molecular flexibility index (Phi) is 2.47. The molecule has 0 amide bonds. The van der Waals surface area contributed by atoms with Crippen LogP contribution in [0, 0.1) is 0 Å². The molecule has 0 aliphatic heterocycles. The van der Waals surface area contributed by atoms with E-state index in [0.717, 1.165) is 0 Å². The molecule has 0 saturated heterocycles. The zero-order valence-electron chi connectivity index (χ0n) is 6.56. The van der Waals surface area contributed by atoms with E-state index in [0.29, 0.717) is 11.0 Å². The van der Waals surface area contributed by atoms with E-state index in [1.165, 1.54) is 12.1 Å². The SMILES string of the molecule is Nc1cc(N)c(S(=O)(=O)O)cc1P. The van der Waals surface area contributed by atoms with Gasteiger partial charge in [-0.25, -0.2) is 0 Å². The smallest absolute Gasteiger partial charge is 0.296 e. The molecule has 1 unspecified atom stereocenters. The average Bonchev–Trinajstić information content (AvgIpc) is 1.94.